The van der Waals surface area contributed by atoms with Gasteiger partial charge in [-0.3, -0.25) is 9.69 Å². The van der Waals surface area contributed by atoms with E-state index in [1.165, 1.54) is 0 Å². The highest BCUT2D eigenvalue weighted by atomic mass is 35.5. The number of aliphatic carboxylic acids is 1. The highest BCUT2D eigenvalue weighted by molar-refractivity contribution is 5.85. The number of rotatable bonds is 3. The minimum atomic E-state index is -0.659. The van der Waals surface area contributed by atoms with Gasteiger partial charge in [0.2, 0.25) is 0 Å². The molecule has 4 heteroatoms. The van der Waals surface area contributed by atoms with E-state index in [9.17, 15) is 4.79 Å². The van der Waals surface area contributed by atoms with Crippen molar-refractivity contribution in [3.63, 3.8) is 0 Å². The van der Waals surface area contributed by atoms with Crippen LogP contribution in [0, 0.1) is 5.92 Å². The van der Waals surface area contributed by atoms with Gasteiger partial charge < -0.3 is 5.11 Å². The van der Waals surface area contributed by atoms with Crippen LogP contribution in [0.25, 0.3) is 0 Å². The molecule has 1 N–H and O–H groups in total. The van der Waals surface area contributed by atoms with Crippen molar-refractivity contribution in [2.75, 3.05) is 13.1 Å². The Hall–Kier alpha value is -0.280. The smallest absolute Gasteiger partial charge is 0.320 e. The summed E-state index contributed by atoms with van der Waals surface area (Å²) in [5.74, 6) is -0.0990. The largest absolute Gasteiger partial charge is 0.480 e. The van der Waals surface area contributed by atoms with Crippen LogP contribution in [0.2, 0.25) is 0 Å². The third-order valence-corrected chi connectivity index (χ3v) is 2.25. The zero-order chi connectivity index (χ0) is 9.14. The molecular formula is C9H18ClNO2. The molecule has 1 atom stereocenters. The van der Waals surface area contributed by atoms with E-state index in [2.05, 4.69) is 18.7 Å². The van der Waals surface area contributed by atoms with E-state index >= 15 is 0 Å². The molecule has 3 nitrogen and oxygen atoms in total. The van der Waals surface area contributed by atoms with Gasteiger partial charge in [-0.15, -0.1) is 12.4 Å². The maximum Gasteiger partial charge on any atom is 0.320 e. The molecule has 0 saturated carbocycles. The standard InChI is InChI=1S/C9H17NO2.ClH/c1-7(2)6-10-5-3-4-8(10)9(11)12;/h7-8H,3-6H2,1-2H3,(H,11,12);1H/t8-;/m0./s1. The predicted octanol–water partition coefficient (Wildman–Crippen LogP) is 1.61. The second-order valence-electron chi connectivity index (χ2n) is 3.89. The van der Waals surface area contributed by atoms with Crippen LogP contribution in [0.1, 0.15) is 26.7 Å². The first kappa shape index (κ1) is 12.7. The SMILES string of the molecule is CC(C)CN1CCC[C@H]1C(=O)O.Cl. The molecule has 1 aliphatic heterocycles. The van der Waals surface area contributed by atoms with Crippen LogP contribution in [0.15, 0.2) is 0 Å². The Morgan fingerprint density at radius 1 is 1.62 bits per heavy atom. The summed E-state index contributed by atoms with van der Waals surface area (Å²) in [5.41, 5.74) is 0. The summed E-state index contributed by atoms with van der Waals surface area (Å²) in [6.45, 7) is 6.11. The molecule has 1 fully saturated rings. The number of carbonyl (C=O) groups is 1. The maximum atomic E-state index is 10.8. The van der Waals surface area contributed by atoms with Gasteiger partial charge in [0.05, 0.1) is 0 Å². The van der Waals surface area contributed by atoms with Gasteiger partial charge in [0.15, 0.2) is 0 Å². The van der Waals surface area contributed by atoms with Gasteiger partial charge >= 0.3 is 5.97 Å². The minimum absolute atomic E-state index is 0. The minimum Gasteiger partial charge on any atom is -0.480 e. The zero-order valence-electron chi connectivity index (χ0n) is 8.19. The lowest BCUT2D eigenvalue weighted by Gasteiger charge is -2.22. The Bertz CT molecular complexity index is 173. The van der Waals surface area contributed by atoms with Crippen LogP contribution < -0.4 is 0 Å². The van der Waals surface area contributed by atoms with Crippen molar-refractivity contribution < 1.29 is 9.90 Å². The maximum absolute atomic E-state index is 10.8. The quantitative estimate of drug-likeness (QED) is 0.765. The van der Waals surface area contributed by atoms with Gasteiger partial charge in [0.25, 0.3) is 0 Å². The van der Waals surface area contributed by atoms with Gasteiger partial charge in [-0.1, -0.05) is 13.8 Å². The van der Waals surface area contributed by atoms with Crippen molar-refractivity contribution in [2.24, 2.45) is 5.92 Å². The fourth-order valence-electron chi connectivity index (χ4n) is 1.79. The Balaban J connectivity index is 0.00000144. The topological polar surface area (TPSA) is 40.5 Å². The van der Waals surface area contributed by atoms with Gasteiger partial charge in [-0.25, -0.2) is 0 Å². The summed E-state index contributed by atoms with van der Waals surface area (Å²) in [7, 11) is 0. The van der Waals surface area contributed by atoms with Crippen LogP contribution in [-0.2, 0) is 4.79 Å². The van der Waals surface area contributed by atoms with Crippen LogP contribution in [-0.4, -0.2) is 35.1 Å². The van der Waals surface area contributed by atoms with Gasteiger partial charge in [0.1, 0.15) is 6.04 Å². The summed E-state index contributed by atoms with van der Waals surface area (Å²) in [5, 5.41) is 8.85. The molecule has 0 spiro atoms. The molecule has 0 radical (unpaired) electrons. The van der Waals surface area contributed by atoms with Gasteiger partial charge in [-0.2, -0.15) is 0 Å². The molecule has 13 heavy (non-hydrogen) atoms. The van der Waals surface area contributed by atoms with E-state index in [4.69, 9.17) is 5.11 Å². The average Bonchev–Trinajstić information content (AvgIpc) is 2.33. The number of carboxylic acids is 1. The van der Waals surface area contributed by atoms with Crippen molar-refractivity contribution in [2.45, 2.75) is 32.7 Å². The normalized spacial score (nSPS) is 23.2. The zero-order valence-corrected chi connectivity index (χ0v) is 9.01. The molecule has 0 amide bonds. The van der Waals surface area contributed by atoms with Crippen molar-refractivity contribution in [3.8, 4) is 0 Å². The highest BCUT2D eigenvalue weighted by Crippen LogP contribution is 2.18. The summed E-state index contributed by atoms with van der Waals surface area (Å²) in [6.07, 6.45) is 1.85. The van der Waals surface area contributed by atoms with E-state index < -0.39 is 5.97 Å². The molecule has 1 rings (SSSR count). The van der Waals surface area contributed by atoms with E-state index in [0.717, 1.165) is 25.9 Å². The van der Waals surface area contributed by atoms with Crippen molar-refractivity contribution in [1.82, 2.24) is 4.90 Å². The first-order chi connectivity index (χ1) is 5.61. The van der Waals surface area contributed by atoms with E-state index in [1.807, 2.05) is 0 Å². The molecule has 0 aliphatic carbocycles. The molecule has 78 valence electrons. The lowest BCUT2D eigenvalue weighted by molar-refractivity contribution is -0.142. The highest BCUT2D eigenvalue weighted by Gasteiger charge is 2.30. The molecule has 0 aromatic rings. The fourth-order valence-corrected chi connectivity index (χ4v) is 1.79. The molecule has 1 saturated heterocycles. The van der Waals surface area contributed by atoms with E-state index in [0.29, 0.717) is 5.92 Å². The second kappa shape index (κ2) is 5.45. The Labute approximate surface area is 85.5 Å². The Morgan fingerprint density at radius 3 is 2.69 bits per heavy atom. The lowest BCUT2D eigenvalue weighted by Crippen LogP contribution is -2.38. The first-order valence-corrected chi connectivity index (χ1v) is 4.58. The Morgan fingerprint density at radius 2 is 2.23 bits per heavy atom. The fraction of sp³-hybridized carbons (Fsp3) is 0.889. The van der Waals surface area contributed by atoms with Crippen LogP contribution >= 0.6 is 12.4 Å². The number of hydrogen-bond acceptors (Lipinski definition) is 2. The number of hydrogen-bond donors (Lipinski definition) is 1. The number of halogens is 1. The van der Waals surface area contributed by atoms with E-state index in [1.54, 1.807) is 0 Å². The second-order valence-corrected chi connectivity index (χ2v) is 3.89. The molecular weight excluding hydrogens is 190 g/mol. The number of nitrogens with zero attached hydrogens (tertiary/aromatic N) is 1. The third-order valence-electron chi connectivity index (χ3n) is 2.25. The first-order valence-electron chi connectivity index (χ1n) is 4.58. The molecule has 1 aliphatic rings. The monoisotopic (exact) mass is 207 g/mol. The summed E-state index contributed by atoms with van der Waals surface area (Å²) < 4.78 is 0. The molecule has 0 unspecified atom stereocenters. The van der Waals surface area contributed by atoms with Gasteiger partial charge in [0, 0.05) is 6.54 Å². The van der Waals surface area contributed by atoms with Gasteiger partial charge in [-0.05, 0) is 25.3 Å². The van der Waals surface area contributed by atoms with Crippen LogP contribution in [0.4, 0.5) is 0 Å². The molecule has 1 heterocycles. The van der Waals surface area contributed by atoms with Crippen molar-refractivity contribution >= 4 is 18.4 Å². The Kier molecular flexibility index (Phi) is 5.33. The summed E-state index contributed by atoms with van der Waals surface area (Å²) in [6, 6.07) is -0.215. The number of carboxylic acid groups (broad SMARTS) is 1. The van der Waals surface area contributed by atoms with Crippen molar-refractivity contribution in [1.29, 1.82) is 0 Å². The van der Waals surface area contributed by atoms with Crippen LogP contribution in [0.3, 0.4) is 0 Å². The summed E-state index contributed by atoms with van der Waals surface area (Å²) in [4.78, 5) is 12.8. The van der Waals surface area contributed by atoms with E-state index in [-0.39, 0.29) is 18.4 Å². The molecule has 0 aromatic carbocycles. The summed E-state index contributed by atoms with van der Waals surface area (Å²) >= 11 is 0. The molecule has 0 aromatic heterocycles. The average molecular weight is 208 g/mol. The van der Waals surface area contributed by atoms with Crippen LogP contribution in [0.5, 0.6) is 0 Å². The third kappa shape index (κ3) is 3.53. The predicted molar refractivity (Wildman–Crippen MR) is 54.3 cm³/mol. The molecule has 0 bridgehead atoms. The van der Waals surface area contributed by atoms with Crippen molar-refractivity contribution in [3.05, 3.63) is 0 Å². The number of likely N-dealkylation sites (tertiary alicyclic amines) is 1. The lowest BCUT2D eigenvalue weighted by atomic mass is 10.2.